The summed E-state index contributed by atoms with van der Waals surface area (Å²) in [6.45, 7) is 4.72. The van der Waals surface area contributed by atoms with Crippen LogP contribution in [0.4, 0.5) is 0 Å². The molecular weight excluding hydrogens is 228 g/mol. The van der Waals surface area contributed by atoms with E-state index in [-0.39, 0.29) is 0 Å². The molecule has 0 aliphatic rings. The molecule has 0 aliphatic heterocycles. The van der Waals surface area contributed by atoms with Gasteiger partial charge in [0.1, 0.15) is 0 Å². The molecule has 0 fully saturated rings. The van der Waals surface area contributed by atoms with Gasteiger partial charge in [-0.1, -0.05) is 13.3 Å². The van der Waals surface area contributed by atoms with E-state index in [1.54, 1.807) is 12.4 Å². The molecule has 1 unspecified atom stereocenters. The number of pyridine rings is 1. The van der Waals surface area contributed by atoms with Gasteiger partial charge >= 0.3 is 0 Å². The third-order valence-electron chi connectivity index (χ3n) is 2.67. The standard InChI is InChI=1S/C14H24N2O2/c1-2-3-10-18-12-14(17)11-16-9-6-13-4-7-15-8-5-13/h4-5,7-8,14,16-17H,2-3,6,9-12H2,1H3. The molecule has 1 aromatic rings. The van der Waals surface area contributed by atoms with Crippen LogP contribution in [0.2, 0.25) is 0 Å². The highest BCUT2D eigenvalue weighted by molar-refractivity contribution is 5.09. The smallest absolute Gasteiger partial charge is 0.0897 e. The molecule has 0 bridgehead atoms. The molecule has 4 nitrogen and oxygen atoms in total. The summed E-state index contributed by atoms with van der Waals surface area (Å²) in [5.74, 6) is 0. The van der Waals surface area contributed by atoms with Crippen molar-refractivity contribution in [1.82, 2.24) is 10.3 Å². The van der Waals surface area contributed by atoms with E-state index in [2.05, 4.69) is 17.2 Å². The number of nitrogens with one attached hydrogen (secondary N) is 1. The largest absolute Gasteiger partial charge is 0.389 e. The van der Waals surface area contributed by atoms with E-state index in [0.717, 1.165) is 32.4 Å². The number of rotatable bonds is 10. The van der Waals surface area contributed by atoms with Crippen molar-refractivity contribution < 1.29 is 9.84 Å². The molecule has 0 spiro atoms. The van der Waals surface area contributed by atoms with E-state index in [9.17, 15) is 5.11 Å². The second-order valence-electron chi connectivity index (χ2n) is 4.39. The van der Waals surface area contributed by atoms with Crippen molar-refractivity contribution in [2.75, 3.05) is 26.3 Å². The van der Waals surface area contributed by atoms with Gasteiger partial charge in [0.15, 0.2) is 0 Å². The molecule has 0 aromatic carbocycles. The highest BCUT2D eigenvalue weighted by Gasteiger charge is 2.03. The fourth-order valence-electron chi connectivity index (χ4n) is 1.58. The normalized spacial score (nSPS) is 12.6. The van der Waals surface area contributed by atoms with Crippen LogP contribution in [0.25, 0.3) is 0 Å². The van der Waals surface area contributed by atoms with Gasteiger partial charge < -0.3 is 15.2 Å². The van der Waals surface area contributed by atoms with Crippen molar-refractivity contribution in [3.8, 4) is 0 Å². The molecule has 0 amide bonds. The lowest BCUT2D eigenvalue weighted by molar-refractivity contribution is 0.0361. The van der Waals surface area contributed by atoms with Crippen LogP contribution in [0.15, 0.2) is 24.5 Å². The minimum Gasteiger partial charge on any atom is -0.389 e. The molecule has 18 heavy (non-hydrogen) atoms. The zero-order valence-electron chi connectivity index (χ0n) is 11.1. The minimum absolute atomic E-state index is 0.417. The van der Waals surface area contributed by atoms with Crippen molar-refractivity contribution in [3.05, 3.63) is 30.1 Å². The third-order valence-corrected chi connectivity index (χ3v) is 2.67. The predicted octanol–water partition coefficient (Wildman–Crippen LogP) is 1.39. The zero-order chi connectivity index (χ0) is 13.1. The number of hydrogen-bond donors (Lipinski definition) is 2. The highest BCUT2D eigenvalue weighted by atomic mass is 16.5. The monoisotopic (exact) mass is 252 g/mol. The number of ether oxygens (including phenoxy) is 1. The van der Waals surface area contributed by atoms with Crippen LogP contribution >= 0.6 is 0 Å². The van der Waals surface area contributed by atoms with Crippen molar-refractivity contribution >= 4 is 0 Å². The number of aromatic nitrogens is 1. The Morgan fingerprint density at radius 3 is 2.89 bits per heavy atom. The summed E-state index contributed by atoms with van der Waals surface area (Å²) in [5.41, 5.74) is 1.26. The number of hydrogen-bond acceptors (Lipinski definition) is 4. The van der Waals surface area contributed by atoms with Gasteiger partial charge in [-0.05, 0) is 37.1 Å². The van der Waals surface area contributed by atoms with E-state index in [1.165, 1.54) is 5.56 Å². The molecule has 102 valence electrons. The van der Waals surface area contributed by atoms with Crippen LogP contribution in [-0.4, -0.2) is 42.5 Å². The SMILES string of the molecule is CCCCOCC(O)CNCCc1ccncc1. The molecule has 1 atom stereocenters. The predicted molar refractivity (Wildman–Crippen MR) is 72.5 cm³/mol. The lowest BCUT2D eigenvalue weighted by atomic mass is 10.2. The zero-order valence-corrected chi connectivity index (χ0v) is 11.1. The summed E-state index contributed by atoms with van der Waals surface area (Å²) in [7, 11) is 0. The fraction of sp³-hybridized carbons (Fsp3) is 0.643. The van der Waals surface area contributed by atoms with E-state index < -0.39 is 6.10 Å². The van der Waals surface area contributed by atoms with Crippen molar-refractivity contribution in [1.29, 1.82) is 0 Å². The van der Waals surface area contributed by atoms with E-state index in [4.69, 9.17) is 4.74 Å². The summed E-state index contributed by atoms with van der Waals surface area (Å²) < 4.78 is 5.35. The Morgan fingerprint density at radius 1 is 1.39 bits per heavy atom. The summed E-state index contributed by atoms with van der Waals surface area (Å²) in [6, 6.07) is 4.01. The first-order chi connectivity index (χ1) is 8.83. The first-order valence-electron chi connectivity index (χ1n) is 6.68. The summed E-state index contributed by atoms with van der Waals surface area (Å²) >= 11 is 0. The van der Waals surface area contributed by atoms with Gasteiger partial charge in [-0.3, -0.25) is 4.98 Å². The molecule has 2 N–H and O–H groups in total. The molecule has 1 aromatic heterocycles. The molecule has 1 heterocycles. The topological polar surface area (TPSA) is 54.4 Å². The van der Waals surface area contributed by atoms with Crippen molar-refractivity contribution in [2.45, 2.75) is 32.3 Å². The number of nitrogens with zero attached hydrogens (tertiary/aromatic N) is 1. The molecule has 0 radical (unpaired) electrons. The van der Waals surface area contributed by atoms with Crippen LogP contribution in [0.1, 0.15) is 25.3 Å². The molecule has 4 heteroatoms. The number of unbranched alkanes of at least 4 members (excludes halogenated alkanes) is 1. The lowest BCUT2D eigenvalue weighted by Gasteiger charge is -2.12. The average Bonchev–Trinajstić information content (AvgIpc) is 2.41. The maximum atomic E-state index is 9.65. The van der Waals surface area contributed by atoms with Crippen molar-refractivity contribution in [3.63, 3.8) is 0 Å². The lowest BCUT2D eigenvalue weighted by Crippen LogP contribution is -2.31. The van der Waals surface area contributed by atoms with Gasteiger partial charge in [-0.2, -0.15) is 0 Å². The molecule has 1 rings (SSSR count). The Hall–Kier alpha value is -0.970. The van der Waals surface area contributed by atoms with Gasteiger partial charge in [0.05, 0.1) is 12.7 Å². The summed E-state index contributed by atoms with van der Waals surface area (Å²) in [5, 5.41) is 12.9. The average molecular weight is 252 g/mol. The van der Waals surface area contributed by atoms with E-state index in [0.29, 0.717) is 13.2 Å². The van der Waals surface area contributed by atoms with E-state index >= 15 is 0 Å². The molecule has 0 saturated carbocycles. The fourth-order valence-corrected chi connectivity index (χ4v) is 1.58. The Kier molecular flexibility index (Phi) is 8.38. The van der Waals surface area contributed by atoms with Gasteiger partial charge in [-0.15, -0.1) is 0 Å². The van der Waals surface area contributed by atoms with E-state index in [1.807, 2.05) is 12.1 Å². The maximum Gasteiger partial charge on any atom is 0.0897 e. The Bertz CT molecular complexity index is 293. The summed E-state index contributed by atoms with van der Waals surface area (Å²) in [4.78, 5) is 3.97. The van der Waals surface area contributed by atoms with Crippen LogP contribution in [0, 0.1) is 0 Å². The van der Waals surface area contributed by atoms with Gasteiger partial charge in [0.2, 0.25) is 0 Å². The Morgan fingerprint density at radius 2 is 2.17 bits per heavy atom. The van der Waals surface area contributed by atoms with Gasteiger partial charge in [-0.25, -0.2) is 0 Å². The quantitative estimate of drug-likeness (QED) is 0.618. The number of aliphatic hydroxyl groups is 1. The van der Waals surface area contributed by atoms with Gasteiger partial charge in [0, 0.05) is 25.5 Å². The molecule has 0 saturated heterocycles. The van der Waals surface area contributed by atoms with Crippen LogP contribution in [0.3, 0.4) is 0 Å². The molecule has 0 aliphatic carbocycles. The Balaban J connectivity index is 1.97. The maximum absolute atomic E-state index is 9.65. The second kappa shape index (κ2) is 10.00. The molecular formula is C14H24N2O2. The summed E-state index contributed by atoms with van der Waals surface area (Å²) in [6.07, 6.45) is 6.31. The Labute approximate surface area is 109 Å². The van der Waals surface area contributed by atoms with Crippen molar-refractivity contribution in [2.24, 2.45) is 0 Å². The highest BCUT2D eigenvalue weighted by Crippen LogP contribution is 1.96. The second-order valence-corrected chi connectivity index (χ2v) is 4.39. The third kappa shape index (κ3) is 7.37. The van der Waals surface area contributed by atoms with Crippen LogP contribution in [-0.2, 0) is 11.2 Å². The first-order valence-corrected chi connectivity index (χ1v) is 6.68. The first kappa shape index (κ1) is 15.1. The van der Waals surface area contributed by atoms with Crippen LogP contribution < -0.4 is 5.32 Å². The van der Waals surface area contributed by atoms with Gasteiger partial charge in [0.25, 0.3) is 0 Å². The minimum atomic E-state index is -0.417. The van der Waals surface area contributed by atoms with Crippen LogP contribution in [0.5, 0.6) is 0 Å². The number of aliphatic hydroxyl groups excluding tert-OH is 1.